The van der Waals surface area contributed by atoms with Gasteiger partial charge in [-0.25, -0.2) is 9.38 Å². The largest absolute Gasteiger partial charge is 0.378 e. The first kappa shape index (κ1) is 33.0. The lowest BCUT2D eigenvalue weighted by atomic mass is 9.95. The standard InChI is InChI=1S/C36H44FN5OS/c1-23-13-12-16-35(43)42(7)33(20-24(2)30(19-23)26(4)40-32-14-10-9-11-15-34(32)44-8)28-21-31(37)36(41(6)22-28)29-17-18-38-27(5)39-25(29)3/h9-10,12-15,17,19-21,26,40H,11,16,18,22H2,1-8H3/b13-12?,23-19-,30-24-,33-20-/t26-/m1/s1. The first-order chi connectivity index (χ1) is 21.0. The third kappa shape index (κ3) is 7.78. The molecule has 0 saturated heterocycles. The van der Waals surface area contributed by atoms with E-state index in [0.29, 0.717) is 30.3 Å². The van der Waals surface area contributed by atoms with Crippen LogP contribution in [0.2, 0.25) is 0 Å². The van der Waals surface area contributed by atoms with Crippen LogP contribution in [-0.4, -0.2) is 66.7 Å². The summed E-state index contributed by atoms with van der Waals surface area (Å²) < 4.78 is 16.1. The van der Waals surface area contributed by atoms with E-state index in [2.05, 4.69) is 72.7 Å². The smallest absolute Gasteiger partial charge is 0.230 e. The summed E-state index contributed by atoms with van der Waals surface area (Å²) in [7, 11) is 3.65. The number of amidine groups is 1. The SMILES string of the molecule is CSC1=CCC=CC=C1N[C@H](C)C1=C(C)\C=C(\C2=CC(F)=C(C3=CCN=C(C)N=C3C)N(C)C2)N(C)C(=O)CC=C/C(C)=C\1. The number of allylic oxidation sites excluding steroid dienone is 11. The van der Waals surface area contributed by atoms with Crippen molar-refractivity contribution in [1.82, 2.24) is 15.1 Å². The Balaban J connectivity index is 1.81. The Morgan fingerprint density at radius 2 is 1.84 bits per heavy atom. The van der Waals surface area contributed by atoms with E-state index in [1.54, 1.807) is 29.8 Å². The summed E-state index contributed by atoms with van der Waals surface area (Å²) >= 11 is 1.73. The number of halogens is 1. The molecule has 3 aliphatic heterocycles. The van der Waals surface area contributed by atoms with Gasteiger partial charge >= 0.3 is 0 Å². The summed E-state index contributed by atoms with van der Waals surface area (Å²) in [5, 5.41) is 3.73. The van der Waals surface area contributed by atoms with E-state index < -0.39 is 0 Å². The van der Waals surface area contributed by atoms with E-state index in [4.69, 9.17) is 0 Å². The summed E-state index contributed by atoms with van der Waals surface area (Å²) in [6.45, 7) is 10.9. The number of amides is 1. The normalized spacial score (nSPS) is 25.2. The number of rotatable bonds is 6. The van der Waals surface area contributed by atoms with Crippen LogP contribution in [0.5, 0.6) is 0 Å². The number of aliphatic imine (C=N–C) groups is 2. The molecule has 232 valence electrons. The zero-order valence-corrected chi connectivity index (χ0v) is 28.0. The summed E-state index contributed by atoms with van der Waals surface area (Å²) in [5.41, 5.74) is 7.59. The van der Waals surface area contributed by atoms with Crippen LogP contribution in [0.1, 0.15) is 47.5 Å². The zero-order valence-electron chi connectivity index (χ0n) is 27.2. The van der Waals surface area contributed by atoms with Crippen molar-refractivity contribution < 1.29 is 9.18 Å². The first-order valence-electron chi connectivity index (χ1n) is 15.0. The van der Waals surface area contributed by atoms with Crippen LogP contribution < -0.4 is 5.32 Å². The van der Waals surface area contributed by atoms with Crippen molar-refractivity contribution in [2.45, 2.75) is 53.5 Å². The fourth-order valence-electron chi connectivity index (χ4n) is 5.71. The maximum absolute atomic E-state index is 16.1. The second kappa shape index (κ2) is 14.7. The number of carbonyl (C=O) groups is 1. The van der Waals surface area contributed by atoms with E-state index in [9.17, 15) is 4.79 Å². The molecule has 8 heteroatoms. The Labute approximate surface area is 266 Å². The van der Waals surface area contributed by atoms with Gasteiger partial charge in [-0.15, -0.1) is 11.8 Å². The third-order valence-corrected chi connectivity index (χ3v) is 8.82. The number of thioether (sulfide) groups is 1. The molecule has 6 nitrogen and oxygen atoms in total. The number of nitrogens with one attached hydrogen (secondary N) is 1. The molecule has 0 unspecified atom stereocenters. The van der Waals surface area contributed by atoms with Crippen LogP contribution in [0.25, 0.3) is 0 Å². The topological polar surface area (TPSA) is 60.3 Å². The van der Waals surface area contributed by atoms with E-state index in [1.807, 2.05) is 50.1 Å². The monoisotopic (exact) mass is 613 g/mol. The lowest BCUT2D eigenvalue weighted by Gasteiger charge is -2.33. The van der Waals surface area contributed by atoms with Gasteiger partial charge in [0.15, 0.2) is 0 Å². The fraction of sp³-hybridized carbons (Fsp3) is 0.361. The average Bonchev–Trinajstić information content (AvgIpc) is 3.30. The Kier molecular flexibility index (Phi) is 11.0. The maximum Gasteiger partial charge on any atom is 0.230 e. The van der Waals surface area contributed by atoms with Crippen molar-refractivity contribution in [2.75, 3.05) is 33.4 Å². The van der Waals surface area contributed by atoms with Gasteiger partial charge in [0.25, 0.3) is 0 Å². The van der Waals surface area contributed by atoms with Gasteiger partial charge in [-0.2, -0.15) is 0 Å². The predicted molar refractivity (Wildman–Crippen MR) is 185 cm³/mol. The van der Waals surface area contributed by atoms with Crippen LogP contribution in [0.15, 0.2) is 126 Å². The molecule has 4 rings (SSSR count). The maximum atomic E-state index is 16.1. The molecule has 3 heterocycles. The van der Waals surface area contributed by atoms with Crippen molar-refractivity contribution in [3.63, 3.8) is 0 Å². The van der Waals surface area contributed by atoms with Gasteiger partial charge < -0.3 is 15.1 Å². The van der Waals surface area contributed by atoms with Crippen molar-refractivity contribution in [3.8, 4) is 0 Å². The number of hydrogen-bond donors (Lipinski definition) is 1. The molecule has 1 aliphatic carbocycles. The molecule has 0 saturated carbocycles. The lowest BCUT2D eigenvalue weighted by Crippen LogP contribution is -2.33. The van der Waals surface area contributed by atoms with E-state index >= 15 is 4.39 Å². The molecule has 1 amide bonds. The molecule has 1 atom stereocenters. The highest BCUT2D eigenvalue weighted by molar-refractivity contribution is 8.02. The molecule has 4 aliphatic rings. The molecule has 0 radical (unpaired) electrons. The van der Waals surface area contributed by atoms with Crippen LogP contribution >= 0.6 is 11.8 Å². The highest BCUT2D eigenvalue weighted by Crippen LogP contribution is 2.33. The second-order valence-electron chi connectivity index (χ2n) is 11.4. The summed E-state index contributed by atoms with van der Waals surface area (Å²) in [6.07, 6.45) is 23.4. The quantitative estimate of drug-likeness (QED) is 0.337. The van der Waals surface area contributed by atoms with Crippen LogP contribution in [0.3, 0.4) is 0 Å². The molecule has 44 heavy (non-hydrogen) atoms. The predicted octanol–water partition coefficient (Wildman–Crippen LogP) is 7.49. The minimum absolute atomic E-state index is 0.0349. The summed E-state index contributed by atoms with van der Waals surface area (Å²) in [6, 6.07) is -0.0349. The minimum atomic E-state index is -0.359. The molecule has 0 aromatic rings. The fourth-order valence-corrected chi connectivity index (χ4v) is 6.32. The van der Waals surface area contributed by atoms with E-state index in [0.717, 1.165) is 45.7 Å². The molecule has 0 fully saturated rings. The molecule has 0 bridgehead atoms. The van der Waals surface area contributed by atoms with Crippen LogP contribution in [0.4, 0.5) is 4.39 Å². The van der Waals surface area contributed by atoms with Crippen LogP contribution in [-0.2, 0) is 4.79 Å². The Morgan fingerprint density at radius 1 is 1.07 bits per heavy atom. The highest BCUT2D eigenvalue weighted by atomic mass is 32.2. The van der Waals surface area contributed by atoms with Crippen molar-refractivity contribution in [1.29, 1.82) is 0 Å². The molecule has 0 aromatic carbocycles. The number of likely N-dealkylation sites (N-methyl/N-ethyl adjacent to an activating group) is 2. The van der Waals surface area contributed by atoms with Gasteiger partial charge in [0, 0.05) is 60.7 Å². The van der Waals surface area contributed by atoms with Gasteiger partial charge in [0.1, 0.15) is 11.7 Å². The minimum Gasteiger partial charge on any atom is -0.378 e. The Bertz CT molecular complexity index is 1570. The highest BCUT2D eigenvalue weighted by Gasteiger charge is 2.28. The molecular formula is C36H44FN5OS. The molecule has 1 N–H and O–H groups in total. The van der Waals surface area contributed by atoms with Gasteiger partial charge in [-0.1, -0.05) is 48.1 Å². The second-order valence-corrected chi connectivity index (χ2v) is 12.3. The first-order valence-corrected chi connectivity index (χ1v) is 16.2. The van der Waals surface area contributed by atoms with Crippen molar-refractivity contribution in [2.24, 2.45) is 9.98 Å². The van der Waals surface area contributed by atoms with E-state index in [-0.39, 0.29) is 24.2 Å². The van der Waals surface area contributed by atoms with E-state index in [1.165, 1.54) is 4.91 Å². The Hall–Kier alpha value is -3.91. The summed E-state index contributed by atoms with van der Waals surface area (Å²) in [5.74, 6) is 0.260. The van der Waals surface area contributed by atoms with Crippen molar-refractivity contribution in [3.05, 3.63) is 116 Å². The number of hydrogen-bond acceptors (Lipinski definition) is 6. The van der Waals surface area contributed by atoms with Gasteiger partial charge in [0.2, 0.25) is 5.91 Å². The third-order valence-electron chi connectivity index (χ3n) is 8.00. The molecular weight excluding hydrogens is 569 g/mol. The number of nitrogens with zero attached hydrogens (tertiary/aromatic N) is 4. The van der Waals surface area contributed by atoms with Gasteiger partial charge in [-0.05, 0) is 82.2 Å². The van der Waals surface area contributed by atoms with Crippen molar-refractivity contribution >= 4 is 29.2 Å². The average molecular weight is 614 g/mol. The molecule has 0 spiro atoms. The number of carbonyl (C=O) groups excluding carboxylic acids is 1. The van der Waals surface area contributed by atoms with Gasteiger partial charge in [0.05, 0.1) is 12.2 Å². The summed E-state index contributed by atoms with van der Waals surface area (Å²) in [4.78, 5) is 27.0. The molecule has 0 aromatic heterocycles. The van der Waals surface area contributed by atoms with Crippen LogP contribution in [0, 0.1) is 0 Å². The lowest BCUT2D eigenvalue weighted by molar-refractivity contribution is -0.127. The zero-order chi connectivity index (χ0) is 32.0. The van der Waals surface area contributed by atoms with Gasteiger partial charge in [-0.3, -0.25) is 9.79 Å². The Morgan fingerprint density at radius 3 is 2.57 bits per heavy atom.